The van der Waals surface area contributed by atoms with Gasteiger partial charge in [-0.2, -0.15) is 0 Å². The smallest absolute Gasteiger partial charge is 0.325 e. The molecule has 156 valence electrons. The van der Waals surface area contributed by atoms with E-state index in [1.54, 1.807) is 0 Å². The first-order valence-electron chi connectivity index (χ1n) is 10.6. The van der Waals surface area contributed by atoms with Crippen molar-refractivity contribution in [3.05, 3.63) is 29.3 Å². The predicted molar refractivity (Wildman–Crippen MR) is 111 cm³/mol. The molecule has 1 saturated carbocycles. The van der Waals surface area contributed by atoms with Crippen LogP contribution in [0, 0.1) is 13.8 Å². The highest BCUT2D eigenvalue weighted by molar-refractivity contribution is 6.07. The number of hydrogen-bond acceptors (Lipinski definition) is 4. The molecule has 4 rings (SSSR count). The van der Waals surface area contributed by atoms with Crippen LogP contribution in [0.1, 0.15) is 43.2 Å². The van der Waals surface area contributed by atoms with Crippen LogP contribution in [0.25, 0.3) is 0 Å². The Morgan fingerprint density at radius 2 is 1.76 bits per heavy atom. The number of aryl methyl sites for hydroxylation is 1. The summed E-state index contributed by atoms with van der Waals surface area (Å²) in [7, 11) is 0. The molecule has 0 aromatic heterocycles. The molecule has 3 fully saturated rings. The summed E-state index contributed by atoms with van der Waals surface area (Å²) in [5.74, 6) is -0.133. The van der Waals surface area contributed by atoms with E-state index in [2.05, 4.69) is 42.3 Å². The van der Waals surface area contributed by atoms with E-state index in [0.29, 0.717) is 25.9 Å². The number of urea groups is 1. The van der Waals surface area contributed by atoms with Crippen LogP contribution in [-0.2, 0) is 9.59 Å². The number of nitrogens with zero attached hydrogens (tertiary/aromatic N) is 3. The molecule has 0 atom stereocenters. The largest absolute Gasteiger partial charge is 0.368 e. The molecule has 7 heteroatoms. The minimum absolute atomic E-state index is 0.0126. The Morgan fingerprint density at radius 3 is 2.45 bits per heavy atom. The van der Waals surface area contributed by atoms with Gasteiger partial charge in [-0.1, -0.05) is 25.0 Å². The molecule has 0 radical (unpaired) electrons. The van der Waals surface area contributed by atoms with Gasteiger partial charge >= 0.3 is 6.03 Å². The molecular weight excluding hydrogens is 368 g/mol. The molecule has 4 amide bonds. The fraction of sp³-hybridized carbons (Fsp3) is 0.591. The first-order valence-corrected chi connectivity index (χ1v) is 10.6. The molecule has 1 aromatic rings. The Bertz CT molecular complexity index is 823. The van der Waals surface area contributed by atoms with E-state index >= 15 is 0 Å². The number of amides is 4. The molecule has 2 heterocycles. The van der Waals surface area contributed by atoms with Gasteiger partial charge in [0.2, 0.25) is 5.91 Å². The van der Waals surface area contributed by atoms with Crippen LogP contribution in [0.15, 0.2) is 18.2 Å². The van der Waals surface area contributed by atoms with E-state index < -0.39 is 5.54 Å². The zero-order valence-electron chi connectivity index (χ0n) is 17.4. The Labute approximate surface area is 172 Å². The summed E-state index contributed by atoms with van der Waals surface area (Å²) in [6.45, 7) is 7.33. The quantitative estimate of drug-likeness (QED) is 0.790. The fourth-order valence-electron chi connectivity index (χ4n) is 4.84. The van der Waals surface area contributed by atoms with Gasteiger partial charge < -0.3 is 15.1 Å². The number of carbonyl (C=O) groups is 3. The molecule has 3 aliphatic rings. The van der Waals surface area contributed by atoms with Crippen molar-refractivity contribution in [3.8, 4) is 0 Å². The van der Waals surface area contributed by atoms with Crippen LogP contribution < -0.4 is 10.2 Å². The number of benzene rings is 1. The van der Waals surface area contributed by atoms with Crippen molar-refractivity contribution in [1.82, 2.24) is 15.1 Å². The van der Waals surface area contributed by atoms with Gasteiger partial charge in [-0.05, 0) is 43.9 Å². The monoisotopic (exact) mass is 398 g/mol. The van der Waals surface area contributed by atoms with Gasteiger partial charge in [0, 0.05) is 44.8 Å². The van der Waals surface area contributed by atoms with Crippen molar-refractivity contribution in [2.24, 2.45) is 0 Å². The average Bonchev–Trinajstić information content (AvgIpc) is 3.28. The summed E-state index contributed by atoms with van der Waals surface area (Å²) in [4.78, 5) is 43.1. The lowest BCUT2D eigenvalue weighted by molar-refractivity contribution is -0.133. The third-order valence-corrected chi connectivity index (χ3v) is 6.80. The zero-order valence-corrected chi connectivity index (χ0v) is 17.4. The summed E-state index contributed by atoms with van der Waals surface area (Å²) in [6.07, 6.45) is 3.54. The second kappa shape index (κ2) is 7.69. The van der Waals surface area contributed by atoms with Crippen LogP contribution in [0.2, 0.25) is 0 Å². The SMILES string of the molecule is Cc1cccc(N2CCN(C(=O)CCN3C(=O)NC4(CCCC4)C3=O)CC2)c1C. The molecule has 7 nitrogen and oxygen atoms in total. The summed E-state index contributed by atoms with van der Waals surface area (Å²) < 4.78 is 0. The first kappa shape index (κ1) is 19.7. The highest BCUT2D eigenvalue weighted by Crippen LogP contribution is 2.35. The third kappa shape index (κ3) is 3.58. The van der Waals surface area contributed by atoms with E-state index in [1.807, 2.05) is 4.90 Å². The van der Waals surface area contributed by atoms with Crippen molar-refractivity contribution in [2.75, 3.05) is 37.6 Å². The Morgan fingerprint density at radius 1 is 1.07 bits per heavy atom. The molecule has 1 spiro atoms. The van der Waals surface area contributed by atoms with Crippen molar-refractivity contribution >= 4 is 23.5 Å². The maximum Gasteiger partial charge on any atom is 0.325 e. The van der Waals surface area contributed by atoms with E-state index in [9.17, 15) is 14.4 Å². The fourth-order valence-corrected chi connectivity index (χ4v) is 4.84. The van der Waals surface area contributed by atoms with Crippen LogP contribution in [-0.4, -0.2) is 65.9 Å². The molecule has 29 heavy (non-hydrogen) atoms. The third-order valence-electron chi connectivity index (χ3n) is 6.80. The first-order chi connectivity index (χ1) is 13.9. The van der Waals surface area contributed by atoms with Gasteiger partial charge in [0.15, 0.2) is 0 Å². The highest BCUT2D eigenvalue weighted by atomic mass is 16.2. The minimum Gasteiger partial charge on any atom is -0.368 e. The molecule has 0 bridgehead atoms. The molecular formula is C22H30N4O3. The van der Waals surface area contributed by atoms with Crippen LogP contribution in [0.4, 0.5) is 10.5 Å². The van der Waals surface area contributed by atoms with Gasteiger partial charge in [-0.25, -0.2) is 4.79 Å². The normalized spacial score (nSPS) is 21.2. The molecule has 1 aromatic carbocycles. The number of rotatable bonds is 4. The Balaban J connectivity index is 1.30. The lowest BCUT2D eigenvalue weighted by atomic mass is 9.98. The lowest BCUT2D eigenvalue weighted by Gasteiger charge is -2.37. The van der Waals surface area contributed by atoms with Gasteiger partial charge in [-0.3, -0.25) is 14.5 Å². The van der Waals surface area contributed by atoms with Gasteiger partial charge in [0.25, 0.3) is 5.91 Å². The number of imide groups is 1. The molecule has 1 aliphatic carbocycles. The number of nitrogens with one attached hydrogen (secondary N) is 1. The number of anilines is 1. The minimum atomic E-state index is -0.697. The average molecular weight is 399 g/mol. The zero-order chi connectivity index (χ0) is 20.6. The van der Waals surface area contributed by atoms with Gasteiger partial charge in [0.05, 0.1) is 0 Å². The van der Waals surface area contributed by atoms with Crippen molar-refractivity contribution in [2.45, 2.75) is 51.5 Å². The summed E-state index contributed by atoms with van der Waals surface area (Å²) in [6, 6.07) is 5.98. The highest BCUT2D eigenvalue weighted by Gasteiger charge is 2.52. The predicted octanol–water partition coefficient (Wildman–Crippen LogP) is 2.21. The summed E-state index contributed by atoms with van der Waals surface area (Å²) >= 11 is 0. The van der Waals surface area contributed by atoms with E-state index in [-0.39, 0.29) is 30.8 Å². The summed E-state index contributed by atoms with van der Waals surface area (Å²) in [5.41, 5.74) is 3.09. The van der Waals surface area contributed by atoms with Crippen LogP contribution in [0.5, 0.6) is 0 Å². The topological polar surface area (TPSA) is 73.0 Å². The Hall–Kier alpha value is -2.57. The van der Waals surface area contributed by atoms with E-state index in [0.717, 1.165) is 25.9 Å². The molecule has 2 saturated heterocycles. The van der Waals surface area contributed by atoms with Crippen molar-refractivity contribution in [3.63, 3.8) is 0 Å². The molecule has 2 aliphatic heterocycles. The second-order valence-electron chi connectivity index (χ2n) is 8.51. The van der Waals surface area contributed by atoms with E-state index in [1.165, 1.54) is 21.7 Å². The van der Waals surface area contributed by atoms with Gasteiger partial charge in [0.1, 0.15) is 5.54 Å². The maximum atomic E-state index is 12.7. The number of hydrogen-bond donors (Lipinski definition) is 1. The second-order valence-corrected chi connectivity index (χ2v) is 8.51. The lowest BCUT2D eigenvalue weighted by Crippen LogP contribution is -2.49. The van der Waals surface area contributed by atoms with Crippen LogP contribution in [0.3, 0.4) is 0 Å². The number of carbonyl (C=O) groups excluding carboxylic acids is 3. The van der Waals surface area contributed by atoms with E-state index in [4.69, 9.17) is 0 Å². The van der Waals surface area contributed by atoms with Crippen molar-refractivity contribution < 1.29 is 14.4 Å². The Kier molecular flexibility index (Phi) is 5.23. The molecule has 0 unspecified atom stereocenters. The van der Waals surface area contributed by atoms with Crippen LogP contribution >= 0.6 is 0 Å². The van der Waals surface area contributed by atoms with Crippen molar-refractivity contribution in [1.29, 1.82) is 0 Å². The van der Waals surface area contributed by atoms with Gasteiger partial charge in [-0.15, -0.1) is 0 Å². The standard InChI is InChI=1S/C22H30N4O3/c1-16-6-5-7-18(17(16)2)24-12-14-25(15-13-24)19(27)8-11-26-20(28)22(23-21(26)29)9-3-4-10-22/h5-7H,3-4,8-15H2,1-2H3,(H,23,29). The summed E-state index contributed by atoms with van der Waals surface area (Å²) in [5, 5.41) is 2.87. The number of piperazine rings is 1. The maximum absolute atomic E-state index is 12.7. The molecule has 1 N–H and O–H groups in total.